The predicted octanol–water partition coefficient (Wildman–Crippen LogP) is -3.47. The SMILES string of the molecule is C#C[N+](C)(C)N.[Cl-]. The highest BCUT2D eigenvalue weighted by Gasteiger charge is 1.97. The Bertz CT molecular complexity index is 76.7. The van der Waals surface area contributed by atoms with Gasteiger partial charge < -0.3 is 12.4 Å². The van der Waals surface area contributed by atoms with Crippen LogP contribution in [0.3, 0.4) is 0 Å². The van der Waals surface area contributed by atoms with Crippen molar-refractivity contribution >= 4 is 0 Å². The number of halogens is 1. The van der Waals surface area contributed by atoms with E-state index in [1.165, 1.54) is 0 Å². The Hall–Kier alpha value is -0.230. The lowest BCUT2D eigenvalue weighted by Gasteiger charge is -2.09. The van der Waals surface area contributed by atoms with E-state index >= 15 is 0 Å². The van der Waals surface area contributed by atoms with Crippen molar-refractivity contribution in [1.29, 1.82) is 0 Å². The molecule has 3 heteroatoms. The van der Waals surface area contributed by atoms with Gasteiger partial charge in [0.1, 0.15) is 0 Å². The molecule has 0 fully saturated rings. The molecule has 0 unspecified atom stereocenters. The summed E-state index contributed by atoms with van der Waals surface area (Å²) < 4.78 is 0.0972. The number of nitrogens with zero attached hydrogens (tertiary/aromatic N) is 1. The van der Waals surface area contributed by atoms with Crippen molar-refractivity contribution in [1.82, 2.24) is 0 Å². The van der Waals surface area contributed by atoms with Gasteiger partial charge in [0, 0.05) is 0 Å². The van der Waals surface area contributed by atoms with E-state index in [9.17, 15) is 0 Å². The number of hydrogen-bond donors (Lipinski definition) is 1. The Kier molecular flexibility index (Phi) is 4.05. The maximum atomic E-state index is 5.24. The highest BCUT2D eigenvalue weighted by molar-refractivity contribution is 4.66. The van der Waals surface area contributed by atoms with Crippen molar-refractivity contribution in [3.8, 4) is 12.5 Å². The molecule has 7 heavy (non-hydrogen) atoms. The van der Waals surface area contributed by atoms with Gasteiger partial charge in [-0.25, -0.2) is 0 Å². The number of hydrogen-bond acceptors (Lipinski definition) is 1. The summed E-state index contributed by atoms with van der Waals surface area (Å²) in [6, 6.07) is 2.32. The second-order valence-corrected chi connectivity index (χ2v) is 1.67. The van der Waals surface area contributed by atoms with Gasteiger partial charge in [0.25, 0.3) is 0 Å². The number of quaternary nitrogens is 1. The van der Waals surface area contributed by atoms with Crippen LogP contribution < -0.4 is 18.2 Å². The molecule has 0 aromatic carbocycles. The minimum Gasteiger partial charge on any atom is -1.00 e. The highest BCUT2D eigenvalue weighted by atomic mass is 35.5. The summed E-state index contributed by atoms with van der Waals surface area (Å²) in [4.78, 5) is 0. The number of rotatable bonds is 0. The normalized spacial score (nSPS) is 8.86. The molecule has 42 valence electrons. The van der Waals surface area contributed by atoms with E-state index < -0.39 is 0 Å². The molecule has 0 aliphatic heterocycles. The monoisotopic (exact) mass is 120 g/mol. The molecular formula is C4H9ClN2. The Morgan fingerprint density at radius 1 is 1.57 bits per heavy atom. The van der Waals surface area contributed by atoms with Gasteiger partial charge in [-0.1, -0.05) is 6.42 Å². The van der Waals surface area contributed by atoms with Crippen LogP contribution in [0.25, 0.3) is 0 Å². The standard InChI is InChI=1S/C4H9N2.ClH/c1-4-6(2,3)5;/h1H,5H2,2-3H3;1H/q+1;/p-1. The first-order chi connectivity index (χ1) is 2.56. The predicted molar refractivity (Wildman–Crippen MR) is 25.1 cm³/mol. The third kappa shape index (κ3) is 10.7. The fraction of sp³-hybridized carbons (Fsp3) is 0.500. The first-order valence-electron chi connectivity index (χ1n) is 1.66. The second-order valence-electron chi connectivity index (χ2n) is 1.67. The van der Waals surface area contributed by atoms with E-state index in [0.29, 0.717) is 0 Å². The van der Waals surface area contributed by atoms with Gasteiger partial charge in [-0.05, 0) is 0 Å². The minimum absolute atomic E-state index is 0. The molecule has 2 nitrogen and oxygen atoms in total. The fourth-order valence-corrected chi connectivity index (χ4v) is 0. The van der Waals surface area contributed by atoms with Crippen molar-refractivity contribution in [3.63, 3.8) is 0 Å². The van der Waals surface area contributed by atoms with Crippen molar-refractivity contribution in [3.05, 3.63) is 0 Å². The third-order valence-electron chi connectivity index (χ3n) is 0.333. The zero-order valence-electron chi connectivity index (χ0n) is 4.48. The third-order valence-corrected chi connectivity index (χ3v) is 0.333. The first-order valence-corrected chi connectivity index (χ1v) is 1.66. The molecule has 0 radical (unpaired) electrons. The number of terminal acetylenes is 1. The first kappa shape index (κ1) is 9.91. The van der Waals surface area contributed by atoms with Crippen molar-refractivity contribution in [2.24, 2.45) is 5.84 Å². The topological polar surface area (TPSA) is 26.0 Å². The minimum atomic E-state index is 0. The van der Waals surface area contributed by atoms with E-state index in [0.717, 1.165) is 0 Å². The molecule has 0 atom stereocenters. The van der Waals surface area contributed by atoms with Crippen LogP contribution in [0.15, 0.2) is 0 Å². The van der Waals surface area contributed by atoms with E-state index in [-0.39, 0.29) is 17.0 Å². The molecule has 0 aliphatic rings. The summed E-state index contributed by atoms with van der Waals surface area (Å²) in [5, 5.41) is 0. The molecule has 0 aromatic rings. The van der Waals surface area contributed by atoms with E-state index in [4.69, 9.17) is 12.3 Å². The van der Waals surface area contributed by atoms with Gasteiger partial charge in [-0.15, -0.1) is 0 Å². The molecule has 0 spiro atoms. The number of nitrogens with two attached hydrogens (primary N) is 1. The van der Waals surface area contributed by atoms with Crippen molar-refractivity contribution < 1.29 is 17.0 Å². The lowest BCUT2D eigenvalue weighted by Crippen LogP contribution is -3.00. The zero-order chi connectivity index (χ0) is 5.21. The maximum Gasteiger partial charge on any atom is 0.154 e. The quantitative estimate of drug-likeness (QED) is 0.153. The van der Waals surface area contributed by atoms with Crippen LogP contribution >= 0.6 is 0 Å². The van der Waals surface area contributed by atoms with Crippen molar-refractivity contribution in [2.75, 3.05) is 14.1 Å². The summed E-state index contributed by atoms with van der Waals surface area (Å²) in [5.74, 6) is 5.24. The molecule has 0 aromatic heterocycles. The Labute approximate surface area is 50.3 Å². The van der Waals surface area contributed by atoms with Gasteiger partial charge in [-0.3, -0.25) is 0 Å². The molecule has 0 bridgehead atoms. The van der Waals surface area contributed by atoms with Crippen LogP contribution in [0.5, 0.6) is 0 Å². The van der Waals surface area contributed by atoms with Gasteiger partial charge in [0.2, 0.25) is 0 Å². The van der Waals surface area contributed by atoms with E-state index in [2.05, 4.69) is 6.04 Å². The largest absolute Gasteiger partial charge is 1.00 e. The van der Waals surface area contributed by atoms with Gasteiger partial charge in [-0.2, -0.15) is 10.4 Å². The van der Waals surface area contributed by atoms with Crippen LogP contribution in [0.2, 0.25) is 0 Å². The average Bonchev–Trinajstić information content (AvgIpc) is 1.35. The fourth-order valence-electron chi connectivity index (χ4n) is 0. The molecular weight excluding hydrogens is 112 g/mol. The molecule has 2 N–H and O–H groups in total. The van der Waals surface area contributed by atoms with Crippen molar-refractivity contribution in [2.45, 2.75) is 0 Å². The Morgan fingerprint density at radius 3 is 1.71 bits per heavy atom. The molecule has 0 amide bonds. The van der Waals surface area contributed by atoms with Gasteiger partial charge in [0.15, 0.2) is 6.04 Å². The molecule has 0 saturated heterocycles. The van der Waals surface area contributed by atoms with Crippen LogP contribution in [0, 0.1) is 12.5 Å². The molecule has 0 heterocycles. The Balaban J connectivity index is 0. The molecule has 0 rings (SSSR count). The summed E-state index contributed by atoms with van der Waals surface area (Å²) in [7, 11) is 3.44. The lowest BCUT2D eigenvalue weighted by atomic mass is 10.8. The van der Waals surface area contributed by atoms with Crippen LogP contribution in [-0.2, 0) is 0 Å². The van der Waals surface area contributed by atoms with Gasteiger partial charge in [0.05, 0.1) is 14.1 Å². The van der Waals surface area contributed by atoms with E-state index in [1.807, 2.05) is 0 Å². The van der Waals surface area contributed by atoms with Crippen LogP contribution in [-0.4, -0.2) is 18.7 Å². The summed E-state index contributed by atoms with van der Waals surface area (Å²) in [6.45, 7) is 0. The summed E-state index contributed by atoms with van der Waals surface area (Å²) in [6.07, 6.45) is 4.90. The van der Waals surface area contributed by atoms with Gasteiger partial charge >= 0.3 is 0 Å². The maximum absolute atomic E-state index is 5.24. The molecule has 0 saturated carbocycles. The highest BCUT2D eigenvalue weighted by Crippen LogP contribution is 1.72. The zero-order valence-corrected chi connectivity index (χ0v) is 5.24. The summed E-state index contributed by atoms with van der Waals surface area (Å²) in [5.41, 5.74) is 0. The average molecular weight is 121 g/mol. The Morgan fingerprint density at radius 2 is 1.71 bits per heavy atom. The smallest absolute Gasteiger partial charge is 0.154 e. The second kappa shape index (κ2) is 2.86. The summed E-state index contributed by atoms with van der Waals surface area (Å²) >= 11 is 0. The van der Waals surface area contributed by atoms with Crippen LogP contribution in [0.4, 0.5) is 0 Å². The molecule has 0 aliphatic carbocycles. The lowest BCUT2D eigenvalue weighted by molar-refractivity contribution is -0.834. The van der Waals surface area contributed by atoms with Crippen LogP contribution in [0.1, 0.15) is 0 Å². The van der Waals surface area contributed by atoms with E-state index in [1.54, 1.807) is 14.1 Å².